The number of ether oxygens (including phenoxy) is 1. The molecule has 0 N–H and O–H groups in total. The van der Waals surface area contributed by atoms with Gasteiger partial charge in [-0.3, -0.25) is 14.7 Å². The number of aromatic nitrogens is 1. The van der Waals surface area contributed by atoms with Crippen LogP contribution in [-0.4, -0.2) is 46.9 Å². The summed E-state index contributed by atoms with van der Waals surface area (Å²) < 4.78 is 5.79. The predicted molar refractivity (Wildman–Crippen MR) is 113 cm³/mol. The predicted octanol–water partition coefficient (Wildman–Crippen LogP) is 3.89. The quantitative estimate of drug-likeness (QED) is 0.747. The monoisotopic (exact) mass is 393 g/mol. The molecule has 2 fully saturated rings. The van der Waals surface area contributed by atoms with Crippen LogP contribution >= 0.6 is 0 Å². The van der Waals surface area contributed by atoms with Gasteiger partial charge < -0.3 is 9.64 Å². The highest BCUT2D eigenvalue weighted by atomic mass is 16.5. The first-order chi connectivity index (χ1) is 14.2. The fourth-order valence-corrected chi connectivity index (χ4v) is 4.70. The normalized spacial score (nSPS) is 19.5. The average molecular weight is 394 g/mol. The van der Waals surface area contributed by atoms with Gasteiger partial charge in [0.2, 0.25) is 5.91 Å². The van der Waals surface area contributed by atoms with Crippen molar-refractivity contribution in [2.75, 3.05) is 26.2 Å². The summed E-state index contributed by atoms with van der Waals surface area (Å²) in [7, 11) is 0. The van der Waals surface area contributed by atoms with E-state index >= 15 is 0 Å². The van der Waals surface area contributed by atoms with Gasteiger partial charge in [0.25, 0.3) is 0 Å². The number of nitrogens with zero attached hydrogens (tertiary/aromatic N) is 3. The van der Waals surface area contributed by atoms with Gasteiger partial charge in [0.05, 0.1) is 18.8 Å². The number of amides is 1. The fraction of sp³-hybridized carbons (Fsp3) is 0.500. The van der Waals surface area contributed by atoms with Crippen LogP contribution in [0.25, 0.3) is 0 Å². The van der Waals surface area contributed by atoms with Gasteiger partial charge in [-0.1, -0.05) is 24.3 Å². The topological polar surface area (TPSA) is 45.7 Å². The Hall–Kier alpha value is -2.40. The van der Waals surface area contributed by atoms with Gasteiger partial charge in [-0.25, -0.2) is 0 Å². The van der Waals surface area contributed by atoms with Crippen molar-refractivity contribution in [3.8, 4) is 5.75 Å². The zero-order valence-electron chi connectivity index (χ0n) is 17.3. The average Bonchev–Trinajstić information content (AvgIpc) is 2.75. The summed E-state index contributed by atoms with van der Waals surface area (Å²) in [5, 5.41) is 0. The van der Waals surface area contributed by atoms with Crippen molar-refractivity contribution in [3.63, 3.8) is 0 Å². The zero-order valence-corrected chi connectivity index (χ0v) is 17.3. The second kappa shape index (κ2) is 8.95. The van der Waals surface area contributed by atoms with Gasteiger partial charge in [-0.15, -0.1) is 0 Å². The molecule has 0 unspecified atom stereocenters. The summed E-state index contributed by atoms with van der Waals surface area (Å²) in [4.78, 5) is 21.5. The summed E-state index contributed by atoms with van der Waals surface area (Å²) in [5.74, 6) is 1.27. The molecule has 0 saturated carbocycles. The maximum absolute atomic E-state index is 12.5. The highest BCUT2D eigenvalue weighted by Gasteiger charge is 2.41. The second-order valence-corrected chi connectivity index (χ2v) is 8.39. The Labute approximate surface area is 173 Å². The van der Waals surface area contributed by atoms with E-state index in [1.807, 2.05) is 36.1 Å². The van der Waals surface area contributed by atoms with Crippen LogP contribution in [0.5, 0.6) is 5.75 Å². The van der Waals surface area contributed by atoms with Crippen molar-refractivity contribution in [2.45, 2.75) is 45.7 Å². The molecule has 2 aromatic rings. The number of hydrogen-bond donors (Lipinski definition) is 0. The van der Waals surface area contributed by atoms with Gasteiger partial charge in [-0.05, 0) is 62.9 Å². The van der Waals surface area contributed by atoms with E-state index in [-0.39, 0.29) is 11.3 Å². The van der Waals surface area contributed by atoms with E-state index in [1.165, 1.54) is 5.56 Å². The van der Waals surface area contributed by atoms with Crippen LogP contribution in [-0.2, 0) is 17.9 Å². The summed E-state index contributed by atoms with van der Waals surface area (Å²) in [6.45, 7) is 7.31. The van der Waals surface area contributed by atoms with E-state index in [4.69, 9.17) is 4.74 Å². The molecule has 2 aliphatic rings. The Balaban J connectivity index is 1.36. The van der Waals surface area contributed by atoms with Crippen LogP contribution in [0.2, 0.25) is 0 Å². The van der Waals surface area contributed by atoms with E-state index in [1.54, 1.807) is 6.20 Å². The number of likely N-dealkylation sites (tertiary alicyclic amines) is 2. The molecule has 3 heterocycles. The first-order valence-corrected chi connectivity index (χ1v) is 10.8. The van der Waals surface area contributed by atoms with Gasteiger partial charge in [0.15, 0.2) is 0 Å². The summed E-state index contributed by atoms with van der Waals surface area (Å²) in [6, 6.07) is 14.3. The smallest absolute Gasteiger partial charge is 0.222 e. The van der Waals surface area contributed by atoms with Crippen molar-refractivity contribution < 1.29 is 9.53 Å². The molecule has 4 rings (SSSR count). The van der Waals surface area contributed by atoms with Crippen LogP contribution in [0.1, 0.15) is 43.9 Å². The van der Waals surface area contributed by atoms with E-state index in [9.17, 15) is 4.79 Å². The maximum atomic E-state index is 12.5. The molecule has 1 aromatic carbocycles. The lowest BCUT2D eigenvalue weighted by atomic mass is 9.72. The third-order valence-corrected chi connectivity index (χ3v) is 6.41. The lowest BCUT2D eigenvalue weighted by Gasteiger charge is -2.47. The third kappa shape index (κ3) is 4.78. The molecule has 0 bridgehead atoms. The Kier molecular flexibility index (Phi) is 6.14. The molecule has 0 aliphatic carbocycles. The van der Waals surface area contributed by atoms with E-state index in [0.717, 1.165) is 56.9 Å². The van der Waals surface area contributed by atoms with E-state index in [0.29, 0.717) is 19.6 Å². The summed E-state index contributed by atoms with van der Waals surface area (Å²) in [5.41, 5.74) is 2.50. The third-order valence-electron chi connectivity index (χ3n) is 6.41. The molecule has 2 aliphatic heterocycles. The van der Waals surface area contributed by atoms with Crippen molar-refractivity contribution >= 4 is 5.91 Å². The number of carbonyl (C=O) groups excluding carboxylic acids is 1. The molecule has 154 valence electrons. The van der Waals surface area contributed by atoms with Gasteiger partial charge in [0.1, 0.15) is 5.75 Å². The fourth-order valence-electron chi connectivity index (χ4n) is 4.70. The van der Waals surface area contributed by atoms with E-state index < -0.39 is 0 Å². The number of carbonyl (C=O) groups is 1. The van der Waals surface area contributed by atoms with Crippen LogP contribution < -0.4 is 4.74 Å². The van der Waals surface area contributed by atoms with Gasteiger partial charge in [0, 0.05) is 31.3 Å². The van der Waals surface area contributed by atoms with E-state index in [2.05, 4.69) is 28.1 Å². The molecular weight excluding hydrogens is 362 g/mol. The highest BCUT2D eigenvalue weighted by Crippen LogP contribution is 2.41. The molecule has 5 heteroatoms. The first-order valence-electron chi connectivity index (χ1n) is 10.8. The van der Waals surface area contributed by atoms with Crippen molar-refractivity contribution in [2.24, 2.45) is 5.41 Å². The lowest BCUT2D eigenvalue weighted by molar-refractivity contribution is -0.140. The van der Waals surface area contributed by atoms with Crippen LogP contribution in [0, 0.1) is 5.41 Å². The molecule has 5 nitrogen and oxygen atoms in total. The Morgan fingerprint density at radius 1 is 1.03 bits per heavy atom. The Morgan fingerprint density at radius 2 is 1.83 bits per heavy atom. The Morgan fingerprint density at radius 3 is 2.59 bits per heavy atom. The molecule has 1 spiro atoms. The largest absolute Gasteiger partial charge is 0.494 e. The SMILES string of the molecule is CCOc1ccccc1CN1CCC2(CCC(=O)N(Cc3ccccn3)C2)CC1. The minimum atomic E-state index is 0.263. The zero-order chi connectivity index (χ0) is 20.1. The lowest BCUT2D eigenvalue weighted by Crippen LogP contribution is -2.51. The van der Waals surface area contributed by atoms with Gasteiger partial charge >= 0.3 is 0 Å². The molecule has 1 aromatic heterocycles. The number of hydrogen-bond acceptors (Lipinski definition) is 4. The van der Waals surface area contributed by atoms with Crippen molar-refractivity contribution in [1.29, 1.82) is 0 Å². The van der Waals surface area contributed by atoms with Crippen LogP contribution in [0.4, 0.5) is 0 Å². The van der Waals surface area contributed by atoms with Gasteiger partial charge in [-0.2, -0.15) is 0 Å². The number of rotatable bonds is 6. The molecule has 1 amide bonds. The molecule has 29 heavy (non-hydrogen) atoms. The minimum Gasteiger partial charge on any atom is -0.494 e. The number of piperidine rings is 2. The van der Waals surface area contributed by atoms with Crippen molar-refractivity contribution in [1.82, 2.24) is 14.8 Å². The minimum absolute atomic E-state index is 0.263. The Bertz CT molecular complexity index is 816. The number of pyridine rings is 1. The van der Waals surface area contributed by atoms with Crippen molar-refractivity contribution in [3.05, 3.63) is 59.9 Å². The molecule has 2 saturated heterocycles. The maximum Gasteiger partial charge on any atom is 0.222 e. The van der Waals surface area contributed by atoms with Crippen LogP contribution in [0.15, 0.2) is 48.7 Å². The summed E-state index contributed by atoms with van der Waals surface area (Å²) >= 11 is 0. The molecular formula is C24H31N3O2. The number of benzene rings is 1. The number of para-hydroxylation sites is 1. The standard InChI is InChI=1S/C24H31N3O2/c1-2-29-22-9-4-3-7-20(22)17-26-15-12-24(13-16-26)11-10-23(28)27(19-24)18-21-8-5-6-14-25-21/h3-9,14H,2,10-13,15-19H2,1H3. The first kappa shape index (κ1) is 19.9. The summed E-state index contributed by atoms with van der Waals surface area (Å²) in [6.07, 6.45) is 5.79. The highest BCUT2D eigenvalue weighted by molar-refractivity contribution is 5.77. The van der Waals surface area contributed by atoms with Crippen LogP contribution in [0.3, 0.4) is 0 Å². The molecule has 0 radical (unpaired) electrons. The molecule has 0 atom stereocenters. The second-order valence-electron chi connectivity index (χ2n) is 8.39.